The van der Waals surface area contributed by atoms with Crippen molar-refractivity contribution < 1.29 is 9.18 Å². The highest BCUT2D eigenvalue weighted by molar-refractivity contribution is 7.09. The first-order valence-electron chi connectivity index (χ1n) is 5.51. The number of aromatic nitrogens is 1. The predicted molar refractivity (Wildman–Crippen MR) is 69.3 cm³/mol. The lowest BCUT2D eigenvalue weighted by atomic mass is 10.1. The van der Waals surface area contributed by atoms with Crippen LogP contribution in [0, 0.1) is 12.7 Å². The molecule has 1 heterocycles. The smallest absolute Gasteiger partial charge is 0.215 e. The van der Waals surface area contributed by atoms with Gasteiger partial charge in [0.05, 0.1) is 11.6 Å². The summed E-state index contributed by atoms with van der Waals surface area (Å²) in [6, 6.07) is 4.23. The second-order valence-electron chi connectivity index (χ2n) is 4.17. The summed E-state index contributed by atoms with van der Waals surface area (Å²) in [6.45, 7) is 3.60. The molecule has 3 nitrogen and oxygen atoms in total. The zero-order valence-corrected chi connectivity index (χ0v) is 10.9. The van der Waals surface area contributed by atoms with Crippen molar-refractivity contribution in [3.05, 3.63) is 51.2 Å². The van der Waals surface area contributed by atoms with Crippen LogP contribution in [0.5, 0.6) is 0 Å². The first kappa shape index (κ1) is 12.9. The van der Waals surface area contributed by atoms with Gasteiger partial charge in [-0.05, 0) is 26.0 Å². The van der Waals surface area contributed by atoms with Crippen LogP contribution in [0.25, 0.3) is 0 Å². The second-order valence-corrected chi connectivity index (χ2v) is 5.06. The van der Waals surface area contributed by atoms with Gasteiger partial charge in [0.25, 0.3) is 0 Å². The lowest BCUT2D eigenvalue weighted by Crippen LogP contribution is -2.08. The van der Waals surface area contributed by atoms with Crippen LogP contribution in [-0.4, -0.2) is 10.8 Å². The Labute approximate surface area is 108 Å². The van der Waals surface area contributed by atoms with Gasteiger partial charge in [0.2, 0.25) is 5.78 Å². The Morgan fingerprint density at radius 1 is 1.50 bits per heavy atom. The molecule has 1 aromatic heterocycles. The maximum Gasteiger partial charge on any atom is 0.215 e. The molecule has 2 aromatic rings. The van der Waals surface area contributed by atoms with Crippen LogP contribution in [0.1, 0.15) is 39.6 Å². The third kappa shape index (κ3) is 2.47. The van der Waals surface area contributed by atoms with Crippen molar-refractivity contribution in [2.45, 2.75) is 19.9 Å². The van der Waals surface area contributed by atoms with E-state index < -0.39 is 11.6 Å². The van der Waals surface area contributed by atoms with Gasteiger partial charge >= 0.3 is 0 Å². The Morgan fingerprint density at radius 2 is 2.22 bits per heavy atom. The number of nitrogens with two attached hydrogens (primary N) is 1. The van der Waals surface area contributed by atoms with Gasteiger partial charge in [-0.25, -0.2) is 9.37 Å². The lowest BCUT2D eigenvalue weighted by Gasteiger charge is -2.02. The Hall–Kier alpha value is -1.59. The van der Waals surface area contributed by atoms with Crippen molar-refractivity contribution in [2.75, 3.05) is 0 Å². The summed E-state index contributed by atoms with van der Waals surface area (Å²) in [5.41, 5.74) is 6.82. The Bertz CT molecular complexity index is 592. The van der Waals surface area contributed by atoms with Gasteiger partial charge in [0.15, 0.2) is 0 Å². The molecule has 1 aromatic carbocycles. The number of rotatable bonds is 3. The van der Waals surface area contributed by atoms with E-state index in [9.17, 15) is 9.18 Å². The average Bonchev–Trinajstić information content (AvgIpc) is 2.81. The SMILES string of the molecule is Cc1ccc(F)c(C(=O)c2csc(C(C)N)n2)c1. The predicted octanol–water partition coefficient (Wildman–Crippen LogP) is 2.84. The molecule has 2 N–H and O–H groups in total. The number of thiazole rings is 1. The number of hydrogen-bond acceptors (Lipinski definition) is 4. The minimum absolute atomic E-state index is 0.0523. The highest BCUT2D eigenvalue weighted by atomic mass is 32.1. The molecule has 0 spiro atoms. The number of carbonyl (C=O) groups is 1. The minimum Gasteiger partial charge on any atom is -0.322 e. The van der Waals surface area contributed by atoms with Crippen molar-refractivity contribution >= 4 is 17.1 Å². The first-order valence-corrected chi connectivity index (χ1v) is 6.39. The van der Waals surface area contributed by atoms with Crippen LogP contribution in [-0.2, 0) is 0 Å². The van der Waals surface area contributed by atoms with Crippen molar-refractivity contribution in [1.29, 1.82) is 0 Å². The van der Waals surface area contributed by atoms with E-state index in [4.69, 9.17) is 5.73 Å². The molecule has 0 radical (unpaired) electrons. The first-order chi connectivity index (χ1) is 8.49. The van der Waals surface area contributed by atoms with E-state index in [2.05, 4.69) is 4.98 Å². The molecule has 0 fully saturated rings. The van der Waals surface area contributed by atoms with Crippen LogP contribution in [0.4, 0.5) is 4.39 Å². The third-order valence-electron chi connectivity index (χ3n) is 2.51. The van der Waals surface area contributed by atoms with Gasteiger partial charge in [0.1, 0.15) is 16.5 Å². The molecular formula is C13H13FN2OS. The van der Waals surface area contributed by atoms with E-state index in [1.165, 1.54) is 23.5 Å². The summed E-state index contributed by atoms with van der Waals surface area (Å²) in [5.74, 6) is -0.930. The van der Waals surface area contributed by atoms with Crippen molar-refractivity contribution in [2.24, 2.45) is 5.73 Å². The number of aryl methyl sites for hydroxylation is 1. The fourth-order valence-corrected chi connectivity index (χ4v) is 2.31. The summed E-state index contributed by atoms with van der Waals surface area (Å²) in [7, 11) is 0. The maximum absolute atomic E-state index is 13.6. The number of benzene rings is 1. The molecule has 0 aliphatic heterocycles. The van der Waals surface area contributed by atoms with Crippen LogP contribution in [0.3, 0.4) is 0 Å². The van der Waals surface area contributed by atoms with E-state index in [-0.39, 0.29) is 17.3 Å². The zero-order valence-electron chi connectivity index (χ0n) is 10.1. The molecule has 0 bridgehead atoms. The fraction of sp³-hybridized carbons (Fsp3) is 0.231. The summed E-state index contributed by atoms with van der Waals surface area (Å²) < 4.78 is 13.6. The molecule has 0 saturated carbocycles. The number of nitrogens with zero attached hydrogens (tertiary/aromatic N) is 1. The van der Waals surface area contributed by atoms with E-state index in [1.807, 2.05) is 6.92 Å². The molecule has 5 heteroatoms. The van der Waals surface area contributed by atoms with Gasteiger partial charge in [-0.2, -0.15) is 0 Å². The largest absolute Gasteiger partial charge is 0.322 e. The number of halogens is 1. The van der Waals surface area contributed by atoms with Crippen molar-refractivity contribution in [3.63, 3.8) is 0 Å². The Balaban J connectivity index is 2.38. The molecule has 1 unspecified atom stereocenters. The number of ketones is 1. The van der Waals surface area contributed by atoms with Crippen LogP contribution < -0.4 is 5.73 Å². The molecule has 0 aliphatic carbocycles. The quantitative estimate of drug-likeness (QED) is 0.867. The van der Waals surface area contributed by atoms with E-state index in [1.54, 1.807) is 18.4 Å². The molecule has 0 saturated heterocycles. The Kier molecular flexibility index (Phi) is 3.54. The molecular weight excluding hydrogens is 251 g/mol. The standard InChI is InChI=1S/C13H13FN2OS/c1-7-3-4-10(14)9(5-7)12(17)11-6-18-13(16-11)8(2)15/h3-6,8H,15H2,1-2H3. The van der Waals surface area contributed by atoms with E-state index >= 15 is 0 Å². The van der Waals surface area contributed by atoms with Gasteiger partial charge in [-0.3, -0.25) is 4.79 Å². The van der Waals surface area contributed by atoms with Gasteiger partial charge in [-0.15, -0.1) is 11.3 Å². The van der Waals surface area contributed by atoms with Crippen molar-refractivity contribution in [1.82, 2.24) is 4.98 Å². The fourth-order valence-electron chi connectivity index (χ4n) is 1.55. The summed E-state index contributed by atoms with van der Waals surface area (Å²) in [6.07, 6.45) is 0. The maximum atomic E-state index is 13.6. The van der Waals surface area contributed by atoms with Gasteiger partial charge < -0.3 is 5.73 Å². The highest BCUT2D eigenvalue weighted by Crippen LogP contribution is 2.20. The monoisotopic (exact) mass is 264 g/mol. The average molecular weight is 264 g/mol. The minimum atomic E-state index is -0.527. The Morgan fingerprint density at radius 3 is 2.83 bits per heavy atom. The topological polar surface area (TPSA) is 56.0 Å². The molecule has 1 atom stereocenters. The molecule has 2 rings (SSSR count). The van der Waals surface area contributed by atoms with Crippen molar-refractivity contribution in [3.8, 4) is 0 Å². The summed E-state index contributed by atoms with van der Waals surface area (Å²) in [5, 5.41) is 2.29. The number of hydrogen-bond donors (Lipinski definition) is 1. The third-order valence-corrected chi connectivity index (χ3v) is 3.56. The highest BCUT2D eigenvalue weighted by Gasteiger charge is 2.18. The molecule has 0 aliphatic rings. The number of carbonyl (C=O) groups excluding carboxylic acids is 1. The molecule has 0 amide bonds. The normalized spacial score (nSPS) is 12.4. The van der Waals surface area contributed by atoms with Gasteiger partial charge in [-0.1, -0.05) is 11.6 Å². The van der Waals surface area contributed by atoms with Crippen LogP contribution in [0.2, 0.25) is 0 Å². The van der Waals surface area contributed by atoms with Crippen LogP contribution >= 0.6 is 11.3 Å². The molecule has 18 heavy (non-hydrogen) atoms. The van der Waals surface area contributed by atoms with E-state index in [0.29, 0.717) is 5.01 Å². The molecule has 94 valence electrons. The lowest BCUT2D eigenvalue weighted by molar-refractivity contribution is 0.103. The zero-order chi connectivity index (χ0) is 13.3. The second kappa shape index (κ2) is 4.96. The summed E-state index contributed by atoms with van der Waals surface area (Å²) >= 11 is 1.31. The van der Waals surface area contributed by atoms with Gasteiger partial charge in [0, 0.05) is 5.38 Å². The van der Waals surface area contributed by atoms with E-state index in [0.717, 1.165) is 5.56 Å². The summed E-state index contributed by atoms with van der Waals surface area (Å²) in [4.78, 5) is 16.3. The van der Waals surface area contributed by atoms with Crippen LogP contribution in [0.15, 0.2) is 23.6 Å².